The van der Waals surface area contributed by atoms with E-state index in [-0.39, 0.29) is 0 Å². The van der Waals surface area contributed by atoms with Gasteiger partial charge < -0.3 is 0 Å². The Balaban J connectivity index is 2.32. The Labute approximate surface area is 57.7 Å². The Hall–Kier alpha value is -0.440. The molecule has 0 heteroatoms. The highest BCUT2D eigenvalue weighted by Gasteiger charge is 2.01. The van der Waals surface area contributed by atoms with Crippen LogP contribution in [0, 0.1) is 24.7 Å². The molecule has 1 aliphatic carbocycles. The van der Waals surface area contributed by atoms with E-state index in [1.54, 1.807) is 0 Å². The summed E-state index contributed by atoms with van der Waals surface area (Å²) in [4.78, 5) is 0. The number of rotatable bonds is 0. The number of hydrogen-bond donors (Lipinski definition) is 0. The van der Waals surface area contributed by atoms with Crippen molar-refractivity contribution >= 4 is 0 Å². The molecule has 1 aliphatic rings. The third kappa shape index (κ3) is 2.56. The minimum absolute atomic E-state index is 0.666. The monoisotopic (exact) mass is 121 g/mol. The summed E-state index contributed by atoms with van der Waals surface area (Å²) in [5, 5.41) is 0. The van der Waals surface area contributed by atoms with E-state index in [2.05, 4.69) is 18.8 Å². The van der Waals surface area contributed by atoms with Crippen LogP contribution < -0.4 is 0 Å². The van der Waals surface area contributed by atoms with Crippen molar-refractivity contribution in [2.75, 3.05) is 0 Å². The van der Waals surface area contributed by atoms with E-state index in [4.69, 9.17) is 0 Å². The van der Waals surface area contributed by atoms with Gasteiger partial charge in [-0.3, -0.25) is 0 Å². The van der Waals surface area contributed by atoms with E-state index in [9.17, 15) is 0 Å². The third-order valence-electron chi connectivity index (χ3n) is 1.72. The van der Waals surface area contributed by atoms with Crippen molar-refractivity contribution in [2.24, 2.45) is 5.92 Å². The fraction of sp³-hybridized carbons (Fsp3) is 0.667. The molecule has 0 heterocycles. The topological polar surface area (TPSA) is 0 Å². The minimum atomic E-state index is 0.666. The summed E-state index contributed by atoms with van der Waals surface area (Å²) >= 11 is 0. The van der Waals surface area contributed by atoms with Crippen LogP contribution in [0.1, 0.15) is 32.1 Å². The molecular formula is C9H13. The maximum absolute atomic E-state index is 4.03. The predicted molar refractivity (Wildman–Crippen MR) is 39.7 cm³/mol. The molecule has 0 fully saturated rings. The second-order valence-electron chi connectivity index (χ2n) is 2.65. The van der Waals surface area contributed by atoms with Gasteiger partial charge in [0.2, 0.25) is 0 Å². The van der Waals surface area contributed by atoms with E-state index in [1.807, 2.05) is 0 Å². The fourth-order valence-corrected chi connectivity index (χ4v) is 1.08. The van der Waals surface area contributed by atoms with Crippen molar-refractivity contribution in [3.63, 3.8) is 0 Å². The summed E-state index contributed by atoms with van der Waals surface area (Å²) in [7, 11) is 0. The quantitative estimate of drug-likeness (QED) is 0.432. The van der Waals surface area contributed by atoms with Gasteiger partial charge in [0.1, 0.15) is 0 Å². The normalized spacial score (nSPS) is 27.4. The molecule has 0 aromatic carbocycles. The van der Waals surface area contributed by atoms with Crippen LogP contribution in [0.5, 0.6) is 0 Å². The molecule has 0 nitrogen and oxygen atoms in total. The average molecular weight is 121 g/mol. The van der Waals surface area contributed by atoms with Crippen molar-refractivity contribution in [3.05, 3.63) is 6.92 Å². The first kappa shape index (κ1) is 6.68. The van der Waals surface area contributed by atoms with Crippen molar-refractivity contribution < 1.29 is 0 Å². The zero-order valence-corrected chi connectivity index (χ0v) is 5.82. The molecule has 0 saturated heterocycles. The second kappa shape index (κ2) is 3.56. The Morgan fingerprint density at radius 2 is 1.89 bits per heavy atom. The molecule has 0 amide bonds. The molecule has 1 atom stereocenters. The summed E-state index contributed by atoms with van der Waals surface area (Å²) in [5.41, 5.74) is 0. The molecule has 49 valence electrons. The molecule has 0 aromatic rings. The SMILES string of the molecule is [CH2]C1CCC#CCCC1. The smallest absolute Gasteiger partial charge is 0.00913 e. The van der Waals surface area contributed by atoms with Crippen LogP contribution >= 0.6 is 0 Å². The van der Waals surface area contributed by atoms with Gasteiger partial charge in [-0.15, -0.1) is 11.8 Å². The fourth-order valence-electron chi connectivity index (χ4n) is 1.08. The summed E-state index contributed by atoms with van der Waals surface area (Å²) in [6, 6.07) is 0. The maximum Gasteiger partial charge on any atom is 0.00913 e. The second-order valence-corrected chi connectivity index (χ2v) is 2.65. The highest BCUT2D eigenvalue weighted by atomic mass is 14.1. The van der Waals surface area contributed by atoms with Gasteiger partial charge in [0.25, 0.3) is 0 Å². The third-order valence-corrected chi connectivity index (χ3v) is 1.72. The maximum atomic E-state index is 4.03. The molecular weight excluding hydrogens is 108 g/mol. The lowest BCUT2D eigenvalue weighted by molar-refractivity contribution is 0.526. The molecule has 0 N–H and O–H groups in total. The lowest BCUT2D eigenvalue weighted by atomic mass is 9.97. The zero-order chi connectivity index (χ0) is 6.53. The number of hydrogen-bond acceptors (Lipinski definition) is 0. The Morgan fingerprint density at radius 3 is 2.78 bits per heavy atom. The van der Waals surface area contributed by atoms with E-state index >= 15 is 0 Å². The average Bonchev–Trinajstić information content (AvgIpc) is 1.79. The molecule has 9 heavy (non-hydrogen) atoms. The highest BCUT2D eigenvalue weighted by molar-refractivity contribution is 5.00. The molecule has 1 radical (unpaired) electrons. The standard InChI is InChI=1S/C9H13/c1-9-7-5-3-2-4-6-8-9/h9H,1,3,5-8H2. The molecule has 0 saturated carbocycles. The van der Waals surface area contributed by atoms with Gasteiger partial charge in [-0.2, -0.15) is 0 Å². The van der Waals surface area contributed by atoms with Crippen LogP contribution in [0.2, 0.25) is 0 Å². The first-order valence-electron chi connectivity index (χ1n) is 3.68. The Morgan fingerprint density at radius 1 is 1.11 bits per heavy atom. The van der Waals surface area contributed by atoms with Crippen LogP contribution in [0.3, 0.4) is 0 Å². The van der Waals surface area contributed by atoms with Gasteiger partial charge in [-0.25, -0.2) is 0 Å². The summed E-state index contributed by atoms with van der Waals surface area (Å²) in [5.74, 6) is 6.92. The largest absolute Gasteiger partial charge is 0.103 e. The molecule has 0 bridgehead atoms. The van der Waals surface area contributed by atoms with Gasteiger partial charge in [0, 0.05) is 12.8 Å². The van der Waals surface area contributed by atoms with Crippen molar-refractivity contribution in [2.45, 2.75) is 32.1 Å². The van der Waals surface area contributed by atoms with Crippen molar-refractivity contribution in [1.29, 1.82) is 0 Å². The lowest BCUT2D eigenvalue weighted by Gasteiger charge is -2.08. The van der Waals surface area contributed by atoms with Crippen LogP contribution in [0.25, 0.3) is 0 Å². The van der Waals surface area contributed by atoms with E-state index in [0.717, 1.165) is 12.8 Å². The van der Waals surface area contributed by atoms with Gasteiger partial charge in [-0.1, -0.05) is 6.92 Å². The summed E-state index contributed by atoms with van der Waals surface area (Å²) < 4.78 is 0. The summed E-state index contributed by atoms with van der Waals surface area (Å²) in [6.07, 6.45) is 5.88. The van der Waals surface area contributed by atoms with Crippen LogP contribution in [0.4, 0.5) is 0 Å². The first-order chi connectivity index (χ1) is 4.39. The molecule has 0 aromatic heterocycles. The van der Waals surface area contributed by atoms with Crippen LogP contribution in [0.15, 0.2) is 0 Å². The molecule has 1 unspecified atom stereocenters. The van der Waals surface area contributed by atoms with Gasteiger partial charge in [-0.05, 0) is 25.2 Å². The van der Waals surface area contributed by atoms with E-state index in [0.29, 0.717) is 5.92 Å². The van der Waals surface area contributed by atoms with Crippen LogP contribution in [-0.4, -0.2) is 0 Å². The Kier molecular flexibility index (Phi) is 2.64. The van der Waals surface area contributed by atoms with Crippen molar-refractivity contribution in [3.8, 4) is 11.8 Å². The van der Waals surface area contributed by atoms with E-state index in [1.165, 1.54) is 19.3 Å². The first-order valence-corrected chi connectivity index (χ1v) is 3.68. The zero-order valence-electron chi connectivity index (χ0n) is 5.82. The van der Waals surface area contributed by atoms with Crippen LogP contribution in [-0.2, 0) is 0 Å². The van der Waals surface area contributed by atoms with E-state index < -0.39 is 0 Å². The van der Waals surface area contributed by atoms with Gasteiger partial charge in [0.05, 0.1) is 0 Å². The molecule has 0 aliphatic heterocycles. The molecule has 0 spiro atoms. The van der Waals surface area contributed by atoms with Gasteiger partial charge in [0.15, 0.2) is 0 Å². The van der Waals surface area contributed by atoms with Gasteiger partial charge >= 0.3 is 0 Å². The summed E-state index contributed by atoms with van der Waals surface area (Å²) in [6.45, 7) is 4.03. The predicted octanol–water partition coefficient (Wildman–Crippen LogP) is 2.40. The van der Waals surface area contributed by atoms with Crippen molar-refractivity contribution in [1.82, 2.24) is 0 Å². The lowest BCUT2D eigenvalue weighted by Crippen LogP contribution is -1.95. The highest BCUT2D eigenvalue weighted by Crippen LogP contribution is 2.14. The molecule has 1 rings (SSSR count). The minimum Gasteiger partial charge on any atom is -0.103 e. The Bertz CT molecular complexity index is 125.